The van der Waals surface area contributed by atoms with E-state index in [0.29, 0.717) is 12.5 Å². The standard InChI is InChI=1S/C13H14BrNO/c14-13-7-10(8-15-9-16)5-6-12(13)11-3-1-2-4-11/h5-7,11H,1-4,8H2. The van der Waals surface area contributed by atoms with Gasteiger partial charge in [-0.25, -0.2) is 9.79 Å². The predicted molar refractivity (Wildman–Crippen MR) is 67.2 cm³/mol. The lowest BCUT2D eigenvalue weighted by Crippen LogP contribution is -1.94. The number of hydrogen-bond donors (Lipinski definition) is 0. The van der Waals surface area contributed by atoms with Gasteiger partial charge < -0.3 is 0 Å². The summed E-state index contributed by atoms with van der Waals surface area (Å²) in [6.07, 6.45) is 6.84. The lowest BCUT2D eigenvalue weighted by Gasteiger charge is -2.12. The Morgan fingerprint density at radius 1 is 1.38 bits per heavy atom. The van der Waals surface area contributed by atoms with Gasteiger partial charge in [-0.1, -0.05) is 40.9 Å². The van der Waals surface area contributed by atoms with Crippen molar-refractivity contribution in [2.75, 3.05) is 0 Å². The van der Waals surface area contributed by atoms with E-state index >= 15 is 0 Å². The Kier molecular flexibility index (Phi) is 3.92. The Hall–Kier alpha value is -0.920. The molecule has 0 aliphatic heterocycles. The molecule has 0 spiro atoms. The molecule has 2 rings (SSSR count). The summed E-state index contributed by atoms with van der Waals surface area (Å²) in [5, 5.41) is 0. The molecule has 2 nitrogen and oxygen atoms in total. The molecule has 1 aromatic carbocycles. The smallest absolute Gasteiger partial charge is 0.211 e. The molecule has 0 atom stereocenters. The van der Waals surface area contributed by atoms with E-state index < -0.39 is 0 Å². The third-order valence-corrected chi connectivity index (χ3v) is 3.87. The molecule has 84 valence electrons. The Bertz CT molecular complexity index is 418. The Balaban J connectivity index is 2.18. The maximum absolute atomic E-state index is 10.0. The summed E-state index contributed by atoms with van der Waals surface area (Å²) in [7, 11) is 0. The van der Waals surface area contributed by atoms with Crippen LogP contribution in [0.15, 0.2) is 27.7 Å². The first-order valence-electron chi connectivity index (χ1n) is 5.63. The average molecular weight is 280 g/mol. The van der Waals surface area contributed by atoms with Crippen molar-refractivity contribution < 1.29 is 4.79 Å². The van der Waals surface area contributed by atoms with Crippen molar-refractivity contribution in [2.45, 2.75) is 38.1 Å². The highest BCUT2D eigenvalue weighted by Crippen LogP contribution is 2.37. The van der Waals surface area contributed by atoms with Gasteiger partial charge in [-0.05, 0) is 36.0 Å². The summed E-state index contributed by atoms with van der Waals surface area (Å²) >= 11 is 3.61. The number of nitrogens with zero attached hydrogens (tertiary/aromatic N) is 1. The number of isocyanates is 1. The lowest BCUT2D eigenvalue weighted by molar-refractivity contribution is 0.563. The zero-order valence-electron chi connectivity index (χ0n) is 9.08. The number of hydrogen-bond acceptors (Lipinski definition) is 2. The molecule has 0 N–H and O–H groups in total. The van der Waals surface area contributed by atoms with Crippen LogP contribution in [-0.2, 0) is 11.3 Å². The van der Waals surface area contributed by atoms with E-state index in [-0.39, 0.29) is 0 Å². The topological polar surface area (TPSA) is 29.4 Å². The second-order valence-electron chi connectivity index (χ2n) is 4.24. The minimum atomic E-state index is 0.424. The van der Waals surface area contributed by atoms with Gasteiger partial charge in [0.25, 0.3) is 0 Å². The zero-order chi connectivity index (χ0) is 11.4. The molecule has 0 bridgehead atoms. The van der Waals surface area contributed by atoms with Crippen LogP contribution in [-0.4, -0.2) is 6.08 Å². The molecule has 1 saturated carbocycles. The zero-order valence-corrected chi connectivity index (χ0v) is 10.7. The Morgan fingerprint density at radius 2 is 2.12 bits per heavy atom. The summed E-state index contributed by atoms with van der Waals surface area (Å²) in [6, 6.07) is 6.28. The van der Waals surface area contributed by atoms with Crippen LogP contribution in [0.25, 0.3) is 0 Å². The maximum atomic E-state index is 10.0. The van der Waals surface area contributed by atoms with Crippen LogP contribution in [0.2, 0.25) is 0 Å². The minimum absolute atomic E-state index is 0.424. The van der Waals surface area contributed by atoms with E-state index in [1.165, 1.54) is 31.2 Å². The van der Waals surface area contributed by atoms with Crippen LogP contribution in [0.3, 0.4) is 0 Å². The molecule has 0 saturated heterocycles. The van der Waals surface area contributed by atoms with Crippen molar-refractivity contribution in [2.24, 2.45) is 4.99 Å². The molecule has 1 aliphatic carbocycles. The van der Waals surface area contributed by atoms with Crippen LogP contribution < -0.4 is 0 Å². The van der Waals surface area contributed by atoms with Crippen molar-refractivity contribution in [1.82, 2.24) is 0 Å². The molecule has 0 heterocycles. The largest absolute Gasteiger partial charge is 0.235 e. The van der Waals surface area contributed by atoms with Crippen LogP contribution in [0, 0.1) is 0 Å². The fourth-order valence-corrected chi connectivity index (χ4v) is 3.11. The Labute approximate surface area is 104 Å². The van der Waals surface area contributed by atoms with Gasteiger partial charge in [-0.2, -0.15) is 0 Å². The first-order chi connectivity index (χ1) is 7.81. The summed E-state index contributed by atoms with van der Waals surface area (Å²) in [5.41, 5.74) is 2.45. The normalized spacial score (nSPS) is 16.1. The van der Waals surface area contributed by atoms with E-state index in [9.17, 15) is 4.79 Å². The molecule has 0 radical (unpaired) electrons. The van der Waals surface area contributed by atoms with Crippen LogP contribution in [0.4, 0.5) is 0 Å². The third kappa shape index (κ3) is 2.60. The maximum Gasteiger partial charge on any atom is 0.235 e. The van der Waals surface area contributed by atoms with Gasteiger partial charge in [0.15, 0.2) is 0 Å². The van der Waals surface area contributed by atoms with Crippen LogP contribution in [0.1, 0.15) is 42.7 Å². The molecule has 16 heavy (non-hydrogen) atoms. The van der Waals surface area contributed by atoms with Gasteiger partial charge in [0, 0.05) is 4.47 Å². The van der Waals surface area contributed by atoms with E-state index in [1.807, 2.05) is 0 Å². The summed E-state index contributed by atoms with van der Waals surface area (Å²) < 4.78 is 1.15. The first-order valence-corrected chi connectivity index (χ1v) is 6.42. The predicted octanol–water partition coefficient (Wildman–Crippen LogP) is 3.94. The van der Waals surface area contributed by atoms with Gasteiger partial charge >= 0.3 is 0 Å². The van der Waals surface area contributed by atoms with Crippen LogP contribution >= 0.6 is 15.9 Å². The monoisotopic (exact) mass is 279 g/mol. The number of aliphatic imine (C=N–C) groups is 1. The van der Waals surface area contributed by atoms with E-state index in [0.717, 1.165) is 10.0 Å². The third-order valence-electron chi connectivity index (χ3n) is 3.19. The van der Waals surface area contributed by atoms with Crippen molar-refractivity contribution in [3.05, 3.63) is 33.8 Å². The number of benzene rings is 1. The number of rotatable bonds is 3. The summed E-state index contributed by atoms with van der Waals surface area (Å²) in [6.45, 7) is 0.424. The number of halogens is 1. The molecule has 0 unspecified atom stereocenters. The van der Waals surface area contributed by atoms with Gasteiger partial charge in [-0.15, -0.1) is 0 Å². The van der Waals surface area contributed by atoms with Gasteiger partial charge in [0.05, 0.1) is 6.54 Å². The van der Waals surface area contributed by atoms with E-state index in [1.54, 1.807) is 6.08 Å². The quantitative estimate of drug-likeness (QED) is 0.609. The first kappa shape index (κ1) is 11.6. The fraction of sp³-hybridized carbons (Fsp3) is 0.462. The molecule has 1 fully saturated rings. The highest BCUT2D eigenvalue weighted by atomic mass is 79.9. The van der Waals surface area contributed by atoms with E-state index in [4.69, 9.17) is 0 Å². The van der Waals surface area contributed by atoms with Gasteiger partial charge in [0.1, 0.15) is 0 Å². The SMILES string of the molecule is O=C=NCc1ccc(C2CCCC2)c(Br)c1. The molecule has 3 heteroatoms. The molecular formula is C13H14BrNO. The van der Waals surface area contributed by atoms with Crippen LogP contribution in [0.5, 0.6) is 0 Å². The van der Waals surface area contributed by atoms with E-state index in [2.05, 4.69) is 39.1 Å². The molecule has 0 aromatic heterocycles. The summed E-state index contributed by atoms with van der Waals surface area (Å²) in [5.74, 6) is 0.706. The summed E-state index contributed by atoms with van der Waals surface area (Å²) in [4.78, 5) is 13.6. The molecular weight excluding hydrogens is 266 g/mol. The second-order valence-corrected chi connectivity index (χ2v) is 5.10. The highest BCUT2D eigenvalue weighted by Gasteiger charge is 2.19. The van der Waals surface area contributed by atoms with Crippen molar-refractivity contribution >= 4 is 22.0 Å². The minimum Gasteiger partial charge on any atom is -0.211 e. The fourth-order valence-electron chi connectivity index (χ4n) is 2.36. The average Bonchev–Trinajstić information content (AvgIpc) is 2.80. The van der Waals surface area contributed by atoms with Crippen molar-refractivity contribution in [3.8, 4) is 0 Å². The van der Waals surface area contributed by atoms with Crippen molar-refractivity contribution in [1.29, 1.82) is 0 Å². The van der Waals surface area contributed by atoms with Crippen molar-refractivity contribution in [3.63, 3.8) is 0 Å². The van der Waals surface area contributed by atoms with Gasteiger partial charge in [0.2, 0.25) is 6.08 Å². The highest BCUT2D eigenvalue weighted by molar-refractivity contribution is 9.10. The van der Waals surface area contributed by atoms with Gasteiger partial charge in [-0.3, -0.25) is 0 Å². The number of carbonyl (C=O) groups excluding carboxylic acids is 1. The molecule has 0 amide bonds. The Morgan fingerprint density at radius 3 is 2.75 bits per heavy atom. The molecule has 1 aliphatic rings. The second kappa shape index (κ2) is 5.42. The molecule has 1 aromatic rings. The lowest BCUT2D eigenvalue weighted by atomic mass is 9.97.